The van der Waals surface area contributed by atoms with Gasteiger partial charge in [0.15, 0.2) is 0 Å². The fourth-order valence-corrected chi connectivity index (χ4v) is 1.34. The summed E-state index contributed by atoms with van der Waals surface area (Å²) in [6, 6.07) is 0. The quantitative estimate of drug-likeness (QED) is 0.714. The third kappa shape index (κ3) is 4.78. The summed E-state index contributed by atoms with van der Waals surface area (Å²) in [6.45, 7) is 3.03. The third-order valence-electron chi connectivity index (χ3n) is 1.83. The molecular weight excluding hydrogens is 194 g/mol. The minimum atomic E-state index is 0. The summed E-state index contributed by atoms with van der Waals surface area (Å²) in [4.78, 5) is 0. The van der Waals surface area contributed by atoms with Crippen LogP contribution in [-0.2, 0) is 14.2 Å². The van der Waals surface area contributed by atoms with E-state index in [1.54, 1.807) is 14.2 Å². The standard InChI is InChI=1S/C8H17NO3.ClH/c1-10-5-7-3-9-4-8(12-7)6-11-2;/h7-9H,3-6H2,1-2H3;1H/t7-,8+;. The normalized spacial score (nSPS) is 28.2. The lowest BCUT2D eigenvalue weighted by molar-refractivity contribution is -0.0905. The minimum Gasteiger partial charge on any atom is -0.382 e. The first-order valence-electron chi connectivity index (χ1n) is 4.21. The summed E-state index contributed by atoms with van der Waals surface area (Å²) in [5.41, 5.74) is 0. The first kappa shape index (κ1) is 13.1. The van der Waals surface area contributed by atoms with Crippen molar-refractivity contribution in [1.29, 1.82) is 0 Å². The molecule has 0 unspecified atom stereocenters. The lowest BCUT2D eigenvalue weighted by Crippen LogP contribution is -2.48. The lowest BCUT2D eigenvalue weighted by Gasteiger charge is -2.29. The number of ether oxygens (including phenoxy) is 3. The van der Waals surface area contributed by atoms with Crippen molar-refractivity contribution in [3.05, 3.63) is 0 Å². The minimum absolute atomic E-state index is 0. The molecule has 1 aliphatic rings. The third-order valence-corrected chi connectivity index (χ3v) is 1.83. The van der Waals surface area contributed by atoms with Crippen molar-refractivity contribution in [3.63, 3.8) is 0 Å². The van der Waals surface area contributed by atoms with E-state index in [2.05, 4.69) is 5.32 Å². The van der Waals surface area contributed by atoms with Gasteiger partial charge in [0.1, 0.15) is 0 Å². The fraction of sp³-hybridized carbons (Fsp3) is 1.00. The molecule has 0 aromatic carbocycles. The maximum absolute atomic E-state index is 5.65. The Balaban J connectivity index is 0.00000144. The van der Waals surface area contributed by atoms with Gasteiger partial charge in [-0.3, -0.25) is 0 Å². The zero-order valence-electron chi connectivity index (χ0n) is 8.12. The van der Waals surface area contributed by atoms with Crippen molar-refractivity contribution in [3.8, 4) is 0 Å². The summed E-state index contributed by atoms with van der Waals surface area (Å²) in [5.74, 6) is 0. The van der Waals surface area contributed by atoms with Crippen LogP contribution >= 0.6 is 12.4 Å². The van der Waals surface area contributed by atoms with E-state index in [1.165, 1.54) is 0 Å². The lowest BCUT2D eigenvalue weighted by atomic mass is 10.2. The van der Waals surface area contributed by atoms with Crippen LogP contribution in [0.25, 0.3) is 0 Å². The fourth-order valence-electron chi connectivity index (χ4n) is 1.34. The number of hydrogen-bond donors (Lipinski definition) is 1. The highest BCUT2D eigenvalue weighted by Gasteiger charge is 2.21. The number of methoxy groups -OCH3 is 2. The molecule has 0 saturated carbocycles. The summed E-state index contributed by atoms with van der Waals surface area (Å²) in [7, 11) is 3.37. The van der Waals surface area contributed by atoms with Crippen molar-refractivity contribution >= 4 is 12.4 Å². The first-order chi connectivity index (χ1) is 5.86. The molecule has 0 radical (unpaired) electrons. The Kier molecular flexibility index (Phi) is 7.60. The van der Waals surface area contributed by atoms with Gasteiger partial charge < -0.3 is 19.5 Å². The van der Waals surface area contributed by atoms with E-state index < -0.39 is 0 Å². The average molecular weight is 212 g/mol. The summed E-state index contributed by atoms with van der Waals surface area (Å²) < 4.78 is 15.7. The molecule has 0 spiro atoms. The molecule has 80 valence electrons. The molecule has 0 bridgehead atoms. The van der Waals surface area contributed by atoms with Gasteiger partial charge in [0, 0.05) is 27.3 Å². The van der Waals surface area contributed by atoms with Gasteiger partial charge in [-0.1, -0.05) is 0 Å². The average Bonchev–Trinajstić information content (AvgIpc) is 2.06. The summed E-state index contributed by atoms with van der Waals surface area (Å²) in [6.07, 6.45) is 0.341. The van der Waals surface area contributed by atoms with Crippen molar-refractivity contribution in [2.75, 3.05) is 40.5 Å². The zero-order chi connectivity index (χ0) is 8.81. The molecule has 1 rings (SSSR count). The van der Waals surface area contributed by atoms with Gasteiger partial charge in [-0.05, 0) is 0 Å². The second-order valence-corrected chi connectivity index (χ2v) is 2.95. The molecule has 5 heteroatoms. The van der Waals surface area contributed by atoms with Gasteiger partial charge in [-0.15, -0.1) is 12.4 Å². The predicted octanol–water partition coefficient (Wildman–Crippen LogP) is 0.0580. The molecule has 1 fully saturated rings. The van der Waals surface area contributed by atoms with Crippen molar-refractivity contribution < 1.29 is 14.2 Å². The molecule has 1 saturated heterocycles. The number of hydrogen-bond acceptors (Lipinski definition) is 4. The van der Waals surface area contributed by atoms with Crippen LogP contribution < -0.4 is 5.32 Å². The van der Waals surface area contributed by atoms with Crippen molar-refractivity contribution in [1.82, 2.24) is 5.32 Å². The Bertz CT molecular complexity index is 110. The molecule has 1 heterocycles. The Morgan fingerprint density at radius 3 is 2.00 bits per heavy atom. The summed E-state index contributed by atoms with van der Waals surface area (Å²) in [5, 5.41) is 3.27. The first-order valence-corrected chi connectivity index (χ1v) is 4.21. The number of halogens is 1. The van der Waals surface area contributed by atoms with Crippen LogP contribution in [0.1, 0.15) is 0 Å². The molecule has 1 aliphatic heterocycles. The Hall–Kier alpha value is 0.130. The largest absolute Gasteiger partial charge is 0.382 e. The van der Waals surface area contributed by atoms with Gasteiger partial charge in [-0.2, -0.15) is 0 Å². The molecule has 13 heavy (non-hydrogen) atoms. The van der Waals surface area contributed by atoms with Gasteiger partial charge in [0.2, 0.25) is 0 Å². The predicted molar refractivity (Wildman–Crippen MR) is 52.5 cm³/mol. The van der Waals surface area contributed by atoms with Crippen molar-refractivity contribution in [2.45, 2.75) is 12.2 Å². The molecular formula is C8H18ClNO3. The van der Waals surface area contributed by atoms with Crippen LogP contribution in [0.5, 0.6) is 0 Å². The molecule has 0 aromatic rings. The number of nitrogens with one attached hydrogen (secondary N) is 1. The highest BCUT2D eigenvalue weighted by atomic mass is 35.5. The van der Waals surface area contributed by atoms with Gasteiger partial charge in [-0.25, -0.2) is 0 Å². The van der Waals surface area contributed by atoms with Crippen LogP contribution in [0.2, 0.25) is 0 Å². The molecule has 2 atom stereocenters. The Morgan fingerprint density at radius 2 is 1.62 bits per heavy atom. The monoisotopic (exact) mass is 211 g/mol. The molecule has 4 nitrogen and oxygen atoms in total. The topological polar surface area (TPSA) is 39.7 Å². The van der Waals surface area contributed by atoms with Crippen LogP contribution in [0.3, 0.4) is 0 Å². The Labute approximate surface area is 85.3 Å². The molecule has 0 amide bonds. The van der Waals surface area contributed by atoms with E-state index in [1.807, 2.05) is 0 Å². The zero-order valence-corrected chi connectivity index (χ0v) is 8.93. The van der Waals surface area contributed by atoms with E-state index in [0.29, 0.717) is 13.2 Å². The second kappa shape index (κ2) is 7.53. The maximum atomic E-state index is 5.65. The van der Waals surface area contributed by atoms with Gasteiger partial charge in [0.05, 0.1) is 25.4 Å². The molecule has 0 aliphatic carbocycles. The van der Waals surface area contributed by atoms with Gasteiger partial charge in [0.25, 0.3) is 0 Å². The van der Waals surface area contributed by atoms with E-state index in [0.717, 1.165) is 13.1 Å². The van der Waals surface area contributed by atoms with Crippen molar-refractivity contribution in [2.24, 2.45) is 0 Å². The Morgan fingerprint density at radius 1 is 1.15 bits per heavy atom. The molecule has 0 aromatic heterocycles. The van der Waals surface area contributed by atoms with E-state index >= 15 is 0 Å². The van der Waals surface area contributed by atoms with Crippen LogP contribution in [0.15, 0.2) is 0 Å². The smallest absolute Gasteiger partial charge is 0.0937 e. The van der Waals surface area contributed by atoms with Crippen LogP contribution in [0.4, 0.5) is 0 Å². The highest BCUT2D eigenvalue weighted by molar-refractivity contribution is 5.85. The van der Waals surface area contributed by atoms with Crippen LogP contribution in [-0.4, -0.2) is 52.7 Å². The number of rotatable bonds is 4. The number of morpholine rings is 1. The van der Waals surface area contributed by atoms with Crippen LogP contribution in [0, 0.1) is 0 Å². The highest BCUT2D eigenvalue weighted by Crippen LogP contribution is 2.04. The molecule has 1 N–H and O–H groups in total. The van der Waals surface area contributed by atoms with Gasteiger partial charge >= 0.3 is 0 Å². The summed E-state index contributed by atoms with van der Waals surface area (Å²) >= 11 is 0. The SMILES string of the molecule is COC[C@H]1CNC[C@@H](COC)O1.Cl. The maximum Gasteiger partial charge on any atom is 0.0937 e. The van der Waals surface area contributed by atoms with E-state index in [-0.39, 0.29) is 24.6 Å². The van der Waals surface area contributed by atoms with E-state index in [9.17, 15) is 0 Å². The second-order valence-electron chi connectivity index (χ2n) is 2.95. The van der Waals surface area contributed by atoms with E-state index in [4.69, 9.17) is 14.2 Å².